The van der Waals surface area contributed by atoms with Crippen LogP contribution in [0.3, 0.4) is 0 Å². The number of aromatic nitrogens is 4. The third-order valence-corrected chi connectivity index (χ3v) is 5.18. The molecule has 0 atom stereocenters. The summed E-state index contributed by atoms with van der Waals surface area (Å²) in [5.74, 6) is 0. The Kier molecular flexibility index (Phi) is 3.85. The topological polar surface area (TPSA) is 35.6 Å². The monoisotopic (exact) mass is 356 g/mol. The summed E-state index contributed by atoms with van der Waals surface area (Å²) in [6, 6.07) is 18.5. The number of imidazole rings is 2. The SMILES string of the molecule is FS(F)(n1cnc(-c2ccccc2)c1)n1cnc(-c2ccccc2)c1. The van der Waals surface area contributed by atoms with E-state index in [2.05, 4.69) is 9.97 Å². The lowest BCUT2D eigenvalue weighted by molar-refractivity contribution is 0.693. The van der Waals surface area contributed by atoms with Crippen LogP contribution in [0.5, 0.6) is 0 Å². The van der Waals surface area contributed by atoms with Crippen molar-refractivity contribution in [3.63, 3.8) is 0 Å². The second-order valence-electron chi connectivity index (χ2n) is 5.39. The van der Waals surface area contributed by atoms with E-state index in [9.17, 15) is 7.77 Å². The standard InChI is InChI=1S/C18H14F2N4S/c19-25(20,23-11-17(21-13-23)15-7-3-1-4-8-15)24-12-18(22-14-24)16-9-5-2-6-10-16/h1-14H. The van der Waals surface area contributed by atoms with Crippen molar-refractivity contribution >= 4 is 11.2 Å². The second kappa shape index (κ2) is 6.18. The molecule has 0 unspecified atom stereocenters. The van der Waals surface area contributed by atoms with Gasteiger partial charge in [-0.2, -0.15) is 0 Å². The minimum absolute atomic E-state index is 0.510. The van der Waals surface area contributed by atoms with E-state index >= 15 is 0 Å². The van der Waals surface area contributed by atoms with Crippen molar-refractivity contribution in [2.75, 3.05) is 0 Å². The van der Waals surface area contributed by atoms with Gasteiger partial charge >= 0.3 is 0 Å². The van der Waals surface area contributed by atoms with Crippen LogP contribution >= 0.6 is 11.2 Å². The maximum atomic E-state index is 14.9. The summed E-state index contributed by atoms with van der Waals surface area (Å²) in [6.45, 7) is 0. The number of benzene rings is 2. The summed E-state index contributed by atoms with van der Waals surface area (Å²) < 4.78 is 31.5. The summed E-state index contributed by atoms with van der Waals surface area (Å²) in [4.78, 5) is 8.23. The number of rotatable bonds is 4. The zero-order chi connectivity index (χ0) is 17.3. The van der Waals surface area contributed by atoms with E-state index in [-0.39, 0.29) is 0 Å². The molecule has 0 radical (unpaired) electrons. The highest BCUT2D eigenvalue weighted by Crippen LogP contribution is 2.54. The first-order valence-corrected chi connectivity index (χ1v) is 8.92. The molecular weight excluding hydrogens is 342 g/mol. The van der Waals surface area contributed by atoms with Crippen LogP contribution in [0.2, 0.25) is 0 Å². The Morgan fingerprint density at radius 1 is 0.640 bits per heavy atom. The number of hydrogen-bond donors (Lipinski definition) is 0. The average Bonchev–Trinajstić information content (AvgIpc) is 3.34. The van der Waals surface area contributed by atoms with Gasteiger partial charge < -0.3 is 0 Å². The molecule has 0 amide bonds. The fraction of sp³-hybridized carbons (Fsp3) is 0. The van der Waals surface area contributed by atoms with Gasteiger partial charge in [0.1, 0.15) is 12.7 Å². The first-order chi connectivity index (χ1) is 12.1. The molecular formula is C18H14F2N4S. The molecule has 0 aliphatic heterocycles. The molecule has 0 saturated heterocycles. The summed E-state index contributed by atoms with van der Waals surface area (Å²) in [7, 11) is 0. The highest BCUT2D eigenvalue weighted by molar-refractivity contribution is 8.22. The van der Waals surface area contributed by atoms with Crippen LogP contribution in [0.4, 0.5) is 7.77 Å². The molecule has 2 heterocycles. The lowest BCUT2D eigenvalue weighted by atomic mass is 10.2. The maximum Gasteiger partial charge on any atom is 0.239 e. The molecule has 4 rings (SSSR count). The van der Waals surface area contributed by atoms with Gasteiger partial charge in [-0.05, 0) is 0 Å². The zero-order valence-corrected chi connectivity index (χ0v) is 13.9. The number of hydrogen-bond acceptors (Lipinski definition) is 2. The Labute approximate surface area is 145 Å². The fourth-order valence-corrected chi connectivity index (χ4v) is 3.47. The Bertz CT molecular complexity index is 901. The smallest absolute Gasteiger partial charge is 0.236 e. The molecule has 0 fully saturated rings. The average molecular weight is 356 g/mol. The molecule has 0 spiro atoms. The Morgan fingerprint density at radius 3 is 1.44 bits per heavy atom. The minimum Gasteiger partial charge on any atom is -0.236 e. The molecule has 25 heavy (non-hydrogen) atoms. The predicted molar refractivity (Wildman–Crippen MR) is 95.9 cm³/mol. The van der Waals surface area contributed by atoms with Crippen molar-refractivity contribution in [2.24, 2.45) is 0 Å². The van der Waals surface area contributed by atoms with Gasteiger partial charge in [0.2, 0.25) is 11.2 Å². The van der Waals surface area contributed by atoms with Gasteiger partial charge in [0.15, 0.2) is 0 Å². The van der Waals surface area contributed by atoms with Crippen LogP contribution in [0.15, 0.2) is 85.7 Å². The summed E-state index contributed by atoms with van der Waals surface area (Å²) in [6.07, 6.45) is 5.07. The first kappa shape index (κ1) is 15.6. The van der Waals surface area contributed by atoms with Crippen molar-refractivity contribution in [3.05, 3.63) is 85.7 Å². The molecule has 126 valence electrons. The van der Waals surface area contributed by atoms with E-state index in [1.165, 1.54) is 25.0 Å². The van der Waals surface area contributed by atoms with Crippen molar-refractivity contribution in [3.8, 4) is 22.5 Å². The molecule has 4 aromatic rings. The van der Waals surface area contributed by atoms with E-state index < -0.39 is 11.2 Å². The molecule has 0 bridgehead atoms. The van der Waals surface area contributed by atoms with Crippen molar-refractivity contribution in [2.45, 2.75) is 0 Å². The van der Waals surface area contributed by atoms with Gasteiger partial charge in [-0.1, -0.05) is 60.7 Å². The molecule has 0 aliphatic carbocycles. The Morgan fingerprint density at radius 2 is 1.04 bits per heavy atom. The summed E-state index contributed by atoms with van der Waals surface area (Å²) in [5, 5.41) is 0. The summed E-state index contributed by atoms with van der Waals surface area (Å²) in [5.41, 5.74) is 2.62. The van der Waals surface area contributed by atoms with E-state index in [4.69, 9.17) is 0 Å². The van der Waals surface area contributed by atoms with Crippen LogP contribution in [-0.4, -0.2) is 17.9 Å². The first-order valence-electron chi connectivity index (χ1n) is 7.57. The fourth-order valence-electron chi connectivity index (χ4n) is 2.48. The lowest BCUT2D eigenvalue weighted by Crippen LogP contribution is -2.06. The van der Waals surface area contributed by atoms with E-state index in [1.54, 1.807) is 0 Å². The van der Waals surface area contributed by atoms with Gasteiger partial charge in [0.05, 0.1) is 11.4 Å². The van der Waals surface area contributed by atoms with Crippen LogP contribution in [0.1, 0.15) is 0 Å². The Balaban J connectivity index is 1.66. The van der Waals surface area contributed by atoms with Gasteiger partial charge in [0.25, 0.3) is 0 Å². The van der Waals surface area contributed by atoms with Gasteiger partial charge in [-0.15, -0.1) is 7.77 Å². The molecule has 4 nitrogen and oxygen atoms in total. The number of halogens is 2. The molecule has 2 aromatic heterocycles. The Hall–Kier alpha value is -2.93. The van der Waals surface area contributed by atoms with Gasteiger partial charge in [-0.25, -0.2) is 17.9 Å². The third-order valence-electron chi connectivity index (χ3n) is 3.77. The van der Waals surface area contributed by atoms with E-state index in [0.29, 0.717) is 11.4 Å². The molecule has 0 N–H and O–H groups in total. The van der Waals surface area contributed by atoms with Crippen LogP contribution < -0.4 is 0 Å². The van der Waals surface area contributed by atoms with Gasteiger partial charge in [-0.3, -0.25) is 0 Å². The van der Waals surface area contributed by atoms with Crippen LogP contribution in [-0.2, 0) is 0 Å². The predicted octanol–water partition coefficient (Wildman–Crippen LogP) is 5.21. The van der Waals surface area contributed by atoms with Crippen molar-refractivity contribution < 1.29 is 7.77 Å². The molecule has 0 saturated carbocycles. The van der Waals surface area contributed by atoms with Crippen LogP contribution in [0.25, 0.3) is 22.5 Å². The summed E-state index contributed by atoms with van der Waals surface area (Å²) >= 11 is -4.30. The molecule has 2 aromatic carbocycles. The minimum atomic E-state index is -4.30. The van der Waals surface area contributed by atoms with Crippen molar-refractivity contribution in [1.82, 2.24) is 17.9 Å². The molecule has 7 heteroatoms. The number of nitrogens with zero attached hydrogens (tertiary/aromatic N) is 4. The highest BCUT2D eigenvalue weighted by Gasteiger charge is 2.28. The maximum absolute atomic E-state index is 14.9. The lowest BCUT2D eigenvalue weighted by Gasteiger charge is -2.22. The highest BCUT2D eigenvalue weighted by atomic mass is 32.3. The second-order valence-corrected chi connectivity index (χ2v) is 7.06. The van der Waals surface area contributed by atoms with E-state index in [1.807, 2.05) is 60.7 Å². The van der Waals surface area contributed by atoms with Crippen molar-refractivity contribution in [1.29, 1.82) is 0 Å². The van der Waals surface area contributed by atoms with Gasteiger partial charge in [0, 0.05) is 23.5 Å². The third kappa shape index (κ3) is 2.94. The quantitative estimate of drug-likeness (QED) is 0.503. The van der Waals surface area contributed by atoms with E-state index in [0.717, 1.165) is 19.1 Å². The largest absolute Gasteiger partial charge is 0.239 e. The normalized spacial score (nSPS) is 12.2. The van der Waals surface area contributed by atoms with Crippen LogP contribution in [0, 0.1) is 0 Å². The molecule has 0 aliphatic rings. The zero-order valence-electron chi connectivity index (χ0n) is 13.0.